The molecule has 0 saturated carbocycles. The van der Waals surface area contributed by atoms with Crippen LogP contribution in [0.1, 0.15) is 0 Å². The molecule has 0 heterocycles. The molecule has 0 aliphatic heterocycles. The van der Waals surface area contributed by atoms with Gasteiger partial charge in [0.05, 0.1) is 16.3 Å². The van der Waals surface area contributed by atoms with Crippen LogP contribution in [0.3, 0.4) is 0 Å². The molecular formula is C11H9Cl4NO3. The summed E-state index contributed by atoms with van der Waals surface area (Å²) in [6, 6.07) is 3.07. The van der Waals surface area contributed by atoms with Gasteiger partial charge in [0.2, 0.25) is 0 Å². The Labute approximate surface area is 130 Å². The number of hydrogen-bond acceptors (Lipinski definition) is 4. The van der Waals surface area contributed by atoms with E-state index < -0.39 is 0 Å². The molecule has 0 amide bonds. The van der Waals surface area contributed by atoms with Gasteiger partial charge in [0.15, 0.2) is 5.75 Å². The van der Waals surface area contributed by atoms with Crippen molar-refractivity contribution >= 4 is 52.6 Å². The van der Waals surface area contributed by atoms with Gasteiger partial charge in [0.1, 0.15) is 23.5 Å². The van der Waals surface area contributed by atoms with Crippen LogP contribution in [0.15, 0.2) is 27.9 Å². The first-order valence-electron chi connectivity index (χ1n) is 4.96. The molecule has 19 heavy (non-hydrogen) atoms. The summed E-state index contributed by atoms with van der Waals surface area (Å²) in [7, 11) is 0. The smallest absolute Gasteiger partial charge is 0.157 e. The second-order valence-electron chi connectivity index (χ2n) is 3.13. The van der Waals surface area contributed by atoms with E-state index in [4.69, 9.17) is 61.1 Å². The lowest BCUT2D eigenvalue weighted by Gasteiger charge is -2.10. The summed E-state index contributed by atoms with van der Waals surface area (Å²) in [4.78, 5) is 0. The molecule has 0 fully saturated rings. The van der Waals surface area contributed by atoms with Gasteiger partial charge in [-0.3, -0.25) is 0 Å². The Kier molecular flexibility index (Phi) is 7.16. The van der Waals surface area contributed by atoms with Crippen LogP contribution in [0.5, 0.6) is 11.5 Å². The Hall–Kier alpha value is -0.810. The first-order valence-corrected chi connectivity index (χ1v) is 6.47. The molecule has 0 radical (unpaired) electrons. The largest absolute Gasteiger partial charge is 0.489 e. The van der Waals surface area contributed by atoms with Crippen molar-refractivity contribution in [2.75, 3.05) is 13.2 Å². The summed E-state index contributed by atoms with van der Waals surface area (Å²) < 4.78 is 10.7. The van der Waals surface area contributed by atoms with Crippen molar-refractivity contribution in [3.05, 3.63) is 32.7 Å². The summed E-state index contributed by atoms with van der Waals surface area (Å²) in [6.07, 6.45) is 2.64. The van der Waals surface area contributed by atoms with Crippen molar-refractivity contribution in [1.82, 2.24) is 0 Å². The van der Waals surface area contributed by atoms with E-state index in [9.17, 15) is 0 Å². The molecule has 4 nitrogen and oxygen atoms in total. The molecule has 0 atom stereocenters. The third kappa shape index (κ3) is 5.78. The first-order chi connectivity index (χ1) is 9.04. The minimum atomic E-state index is 0.0424. The molecule has 1 rings (SSSR count). The van der Waals surface area contributed by atoms with Crippen LogP contribution in [0, 0.1) is 0 Å². The van der Waals surface area contributed by atoms with Crippen LogP contribution in [0.2, 0.25) is 10.0 Å². The normalized spacial score (nSPS) is 10.5. The van der Waals surface area contributed by atoms with Crippen molar-refractivity contribution in [2.24, 2.45) is 5.16 Å². The number of hydrogen-bond donors (Lipinski definition) is 1. The Bertz CT molecular complexity index is 464. The molecule has 104 valence electrons. The molecule has 0 spiro atoms. The van der Waals surface area contributed by atoms with Crippen molar-refractivity contribution < 1.29 is 14.7 Å². The van der Waals surface area contributed by atoms with Crippen molar-refractivity contribution in [3.63, 3.8) is 0 Å². The molecule has 1 N–H and O–H groups in total. The van der Waals surface area contributed by atoms with E-state index in [1.165, 1.54) is 18.2 Å². The van der Waals surface area contributed by atoms with Crippen LogP contribution >= 0.6 is 46.4 Å². The molecule has 1 aromatic rings. The molecule has 1 aromatic carbocycles. The molecule has 0 aliphatic carbocycles. The van der Waals surface area contributed by atoms with Gasteiger partial charge in [-0.1, -0.05) is 51.6 Å². The fourth-order valence-corrected chi connectivity index (χ4v) is 1.81. The van der Waals surface area contributed by atoms with Gasteiger partial charge in [-0.25, -0.2) is 0 Å². The Morgan fingerprint density at radius 1 is 1.16 bits per heavy atom. The number of oxime groups is 1. The zero-order valence-corrected chi connectivity index (χ0v) is 12.5. The highest BCUT2D eigenvalue weighted by Gasteiger charge is 2.10. The highest BCUT2D eigenvalue weighted by atomic mass is 35.5. The highest BCUT2D eigenvalue weighted by Crippen LogP contribution is 2.36. The quantitative estimate of drug-likeness (QED) is 0.468. The summed E-state index contributed by atoms with van der Waals surface area (Å²) in [5.41, 5.74) is 0. The predicted octanol–water partition coefficient (Wildman–Crippen LogP) is 4.53. The molecule has 0 aromatic heterocycles. The van der Waals surface area contributed by atoms with Crippen molar-refractivity contribution in [3.8, 4) is 11.5 Å². The second-order valence-corrected chi connectivity index (χ2v) is 4.95. The zero-order valence-electron chi connectivity index (χ0n) is 9.45. The Balaban J connectivity index is 2.75. The van der Waals surface area contributed by atoms with Gasteiger partial charge < -0.3 is 14.7 Å². The zero-order chi connectivity index (χ0) is 14.3. The summed E-state index contributed by atoms with van der Waals surface area (Å²) >= 11 is 22.9. The summed E-state index contributed by atoms with van der Waals surface area (Å²) in [5, 5.41) is 11.6. The molecular weight excluding hydrogens is 336 g/mol. The van der Waals surface area contributed by atoms with E-state index in [1.54, 1.807) is 0 Å². The number of nitrogens with zero attached hydrogens (tertiary/aromatic N) is 1. The van der Waals surface area contributed by atoms with Crippen molar-refractivity contribution in [1.29, 1.82) is 0 Å². The van der Waals surface area contributed by atoms with E-state index >= 15 is 0 Å². The minimum absolute atomic E-state index is 0.0424. The van der Waals surface area contributed by atoms with E-state index in [0.29, 0.717) is 5.75 Å². The summed E-state index contributed by atoms with van der Waals surface area (Å²) in [6.45, 7) is 0.229. The van der Waals surface area contributed by atoms with Crippen molar-refractivity contribution in [2.45, 2.75) is 0 Å². The highest BCUT2D eigenvalue weighted by molar-refractivity contribution is 6.55. The first kappa shape index (κ1) is 16.2. The number of rotatable bonds is 6. The van der Waals surface area contributed by atoms with Gasteiger partial charge in [-0.15, -0.1) is 0 Å². The maximum absolute atomic E-state index is 8.25. The average molecular weight is 345 g/mol. The molecule has 0 saturated heterocycles. The lowest BCUT2D eigenvalue weighted by Crippen LogP contribution is -2.00. The third-order valence-electron chi connectivity index (χ3n) is 1.84. The predicted molar refractivity (Wildman–Crippen MR) is 77.5 cm³/mol. The number of benzene rings is 1. The number of ether oxygens (including phenoxy) is 2. The maximum Gasteiger partial charge on any atom is 0.157 e. The molecule has 0 unspecified atom stereocenters. The SMILES string of the molecule is O/N=C/COc1c(Cl)cc(OCC=C(Cl)Cl)cc1Cl. The van der Waals surface area contributed by atoms with Gasteiger partial charge in [0, 0.05) is 12.1 Å². The van der Waals surface area contributed by atoms with Crippen LogP contribution in [0.25, 0.3) is 0 Å². The van der Waals surface area contributed by atoms with E-state index in [0.717, 1.165) is 6.21 Å². The Morgan fingerprint density at radius 2 is 1.79 bits per heavy atom. The van der Waals surface area contributed by atoms with Crippen LogP contribution in [-0.2, 0) is 0 Å². The second kappa shape index (κ2) is 8.38. The fourth-order valence-electron chi connectivity index (χ4n) is 1.11. The van der Waals surface area contributed by atoms with E-state index in [1.807, 2.05) is 0 Å². The van der Waals surface area contributed by atoms with E-state index in [-0.39, 0.29) is 33.5 Å². The standard InChI is InChI=1S/C11H9Cl4NO3/c12-8-5-7(18-3-1-10(14)15)6-9(13)11(8)19-4-2-16-17/h1-2,5-6,17H,3-4H2/b16-2+. The average Bonchev–Trinajstić information content (AvgIpc) is 2.32. The van der Waals surface area contributed by atoms with Gasteiger partial charge >= 0.3 is 0 Å². The summed E-state index contributed by atoms with van der Waals surface area (Å²) in [5.74, 6) is 0.727. The Morgan fingerprint density at radius 3 is 2.32 bits per heavy atom. The number of halogens is 4. The minimum Gasteiger partial charge on any atom is -0.489 e. The van der Waals surface area contributed by atoms with Gasteiger partial charge in [-0.05, 0) is 6.08 Å². The maximum atomic E-state index is 8.25. The van der Waals surface area contributed by atoms with Gasteiger partial charge in [0.25, 0.3) is 0 Å². The lowest BCUT2D eigenvalue weighted by atomic mass is 10.3. The van der Waals surface area contributed by atoms with Crippen LogP contribution in [-0.4, -0.2) is 24.6 Å². The van der Waals surface area contributed by atoms with Gasteiger partial charge in [-0.2, -0.15) is 0 Å². The monoisotopic (exact) mass is 343 g/mol. The topological polar surface area (TPSA) is 51.1 Å². The fraction of sp³-hybridized carbons (Fsp3) is 0.182. The molecule has 8 heteroatoms. The van der Waals surface area contributed by atoms with E-state index in [2.05, 4.69) is 5.16 Å². The third-order valence-corrected chi connectivity index (χ3v) is 2.71. The van der Waals surface area contributed by atoms with Crippen LogP contribution in [0.4, 0.5) is 0 Å². The molecule has 0 bridgehead atoms. The molecule has 0 aliphatic rings. The lowest BCUT2D eigenvalue weighted by molar-refractivity contribution is 0.312. The van der Waals surface area contributed by atoms with Crippen LogP contribution < -0.4 is 9.47 Å².